The Morgan fingerprint density at radius 3 is 2.47 bits per heavy atom. The molecule has 3 heteroatoms. The third-order valence-electron chi connectivity index (χ3n) is 3.66. The van der Waals surface area contributed by atoms with E-state index in [9.17, 15) is 4.39 Å². The lowest BCUT2D eigenvalue weighted by Crippen LogP contribution is -2.46. The summed E-state index contributed by atoms with van der Waals surface area (Å²) in [6.07, 6.45) is 3.18. The van der Waals surface area contributed by atoms with E-state index in [-0.39, 0.29) is 17.3 Å². The van der Waals surface area contributed by atoms with Crippen molar-refractivity contribution >= 4 is 0 Å². The van der Waals surface area contributed by atoms with Gasteiger partial charge in [0.1, 0.15) is 5.82 Å². The summed E-state index contributed by atoms with van der Waals surface area (Å²) in [5, 5.41) is 0. The molecule has 15 heavy (non-hydrogen) atoms. The van der Waals surface area contributed by atoms with Crippen LogP contribution in [0.25, 0.3) is 0 Å². The number of benzene rings is 1. The average molecular weight is 208 g/mol. The van der Waals surface area contributed by atoms with Gasteiger partial charge in [0, 0.05) is 17.0 Å². The monoisotopic (exact) mass is 208 g/mol. The molecule has 1 aromatic rings. The van der Waals surface area contributed by atoms with E-state index in [1.807, 2.05) is 6.07 Å². The van der Waals surface area contributed by atoms with Crippen molar-refractivity contribution in [2.45, 2.75) is 25.3 Å². The van der Waals surface area contributed by atoms with Crippen LogP contribution in [0, 0.1) is 11.2 Å². The summed E-state index contributed by atoms with van der Waals surface area (Å²) in [6.45, 7) is 0.544. The quantitative estimate of drug-likeness (QED) is 0.797. The molecule has 1 atom stereocenters. The van der Waals surface area contributed by atoms with Crippen LogP contribution >= 0.6 is 0 Å². The number of rotatable bonds is 3. The molecule has 82 valence electrons. The fourth-order valence-electron chi connectivity index (χ4n) is 2.33. The van der Waals surface area contributed by atoms with Gasteiger partial charge in [-0.1, -0.05) is 24.6 Å². The van der Waals surface area contributed by atoms with Gasteiger partial charge < -0.3 is 11.5 Å². The summed E-state index contributed by atoms with van der Waals surface area (Å²) in [4.78, 5) is 0. The second-order valence-corrected chi connectivity index (χ2v) is 4.42. The summed E-state index contributed by atoms with van der Waals surface area (Å²) in [5.41, 5.74) is 12.4. The molecular weight excluding hydrogens is 191 g/mol. The smallest absolute Gasteiger partial charge is 0.127 e. The van der Waals surface area contributed by atoms with E-state index in [4.69, 9.17) is 11.5 Å². The van der Waals surface area contributed by atoms with E-state index in [1.54, 1.807) is 12.1 Å². The second kappa shape index (κ2) is 3.91. The van der Waals surface area contributed by atoms with Gasteiger partial charge in [0.2, 0.25) is 0 Å². The Kier molecular flexibility index (Phi) is 2.76. The SMILES string of the molecule is NCC1(C(N)c2ccccc2F)CCC1. The van der Waals surface area contributed by atoms with Gasteiger partial charge in [-0.05, 0) is 25.5 Å². The molecular formula is C12H17FN2. The van der Waals surface area contributed by atoms with E-state index in [0.29, 0.717) is 12.1 Å². The molecule has 0 aliphatic heterocycles. The first-order valence-corrected chi connectivity index (χ1v) is 5.40. The van der Waals surface area contributed by atoms with Gasteiger partial charge >= 0.3 is 0 Å². The molecule has 4 N–H and O–H groups in total. The van der Waals surface area contributed by atoms with Gasteiger partial charge in [-0.15, -0.1) is 0 Å². The molecule has 2 nitrogen and oxygen atoms in total. The molecule has 1 aromatic carbocycles. The molecule has 1 aliphatic rings. The zero-order valence-corrected chi connectivity index (χ0v) is 8.75. The van der Waals surface area contributed by atoms with Crippen LogP contribution in [-0.2, 0) is 0 Å². The van der Waals surface area contributed by atoms with Crippen molar-refractivity contribution in [3.63, 3.8) is 0 Å². The molecule has 0 amide bonds. The summed E-state index contributed by atoms with van der Waals surface area (Å²) >= 11 is 0. The van der Waals surface area contributed by atoms with Crippen LogP contribution in [0.4, 0.5) is 4.39 Å². The Bertz CT molecular complexity index is 342. The van der Waals surface area contributed by atoms with Gasteiger partial charge in [0.15, 0.2) is 0 Å². The van der Waals surface area contributed by atoms with Crippen LogP contribution in [0.5, 0.6) is 0 Å². The molecule has 0 spiro atoms. The van der Waals surface area contributed by atoms with Crippen molar-refractivity contribution in [3.05, 3.63) is 35.6 Å². The Balaban J connectivity index is 2.27. The highest BCUT2D eigenvalue weighted by Gasteiger charge is 2.42. The summed E-state index contributed by atoms with van der Waals surface area (Å²) in [7, 11) is 0. The van der Waals surface area contributed by atoms with E-state index >= 15 is 0 Å². The predicted molar refractivity (Wildman–Crippen MR) is 58.7 cm³/mol. The first kappa shape index (κ1) is 10.6. The highest BCUT2D eigenvalue weighted by Crippen LogP contribution is 2.48. The van der Waals surface area contributed by atoms with Crippen LogP contribution < -0.4 is 11.5 Å². The Morgan fingerprint density at radius 1 is 1.33 bits per heavy atom. The fourth-order valence-corrected chi connectivity index (χ4v) is 2.33. The second-order valence-electron chi connectivity index (χ2n) is 4.42. The Labute approximate surface area is 89.5 Å². The van der Waals surface area contributed by atoms with Gasteiger partial charge in [-0.2, -0.15) is 0 Å². The number of nitrogens with two attached hydrogens (primary N) is 2. The standard InChI is InChI=1S/C12H17FN2/c13-10-5-2-1-4-9(10)11(15)12(8-14)6-3-7-12/h1-2,4-5,11H,3,6-8,14-15H2. The highest BCUT2D eigenvalue weighted by molar-refractivity contribution is 5.24. The van der Waals surface area contributed by atoms with Crippen LogP contribution in [0.2, 0.25) is 0 Å². The van der Waals surface area contributed by atoms with E-state index < -0.39 is 0 Å². The minimum atomic E-state index is -0.266. The third-order valence-corrected chi connectivity index (χ3v) is 3.66. The highest BCUT2D eigenvalue weighted by atomic mass is 19.1. The van der Waals surface area contributed by atoms with E-state index in [0.717, 1.165) is 19.3 Å². The van der Waals surface area contributed by atoms with Gasteiger partial charge in [0.25, 0.3) is 0 Å². The van der Waals surface area contributed by atoms with Crippen LogP contribution in [0.1, 0.15) is 30.9 Å². The minimum absolute atomic E-state index is 0.0673. The summed E-state index contributed by atoms with van der Waals surface area (Å²) in [6, 6.07) is 6.45. The molecule has 0 radical (unpaired) electrons. The lowest BCUT2D eigenvalue weighted by atomic mass is 9.62. The molecule has 1 unspecified atom stereocenters. The van der Waals surface area contributed by atoms with Crippen LogP contribution in [0.3, 0.4) is 0 Å². The van der Waals surface area contributed by atoms with E-state index in [2.05, 4.69) is 0 Å². The van der Waals surface area contributed by atoms with Crippen molar-refractivity contribution in [1.82, 2.24) is 0 Å². The van der Waals surface area contributed by atoms with Crippen LogP contribution in [0.15, 0.2) is 24.3 Å². The Hall–Kier alpha value is -0.930. The lowest BCUT2D eigenvalue weighted by Gasteiger charge is -2.45. The third kappa shape index (κ3) is 1.66. The van der Waals surface area contributed by atoms with Gasteiger partial charge in [-0.25, -0.2) is 4.39 Å². The largest absolute Gasteiger partial charge is 0.330 e. The molecule has 0 heterocycles. The maximum Gasteiger partial charge on any atom is 0.127 e. The average Bonchev–Trinajstić information content (AvgIpc) is 2.17. The Morgan fingerprint density at radius 2 is 2.00 bits per heavy atom. The number of halogens is 1. The first-order valence-electron chi connectivity index (χ1n) is 5.40. The first-order chi connectivity index (χ1) is 7.19. The summed E-state index contributed by atoms with van der Waals surface area (Å²) < 4.78 is 13.5. The molecule has 0 aromatic heterocycles. The maximum absolute atomic E-state index is 13.5. The van der Waals surface area contributed by atoms with Crippen molar-refractivity contribution in [2.24, 2.45) is 16.9 Å². The lowest BCUT2D eigenvalue weighted by molar-refractivity contribution is 0.103. The van der Waals surface area contributed by atoms with Crippen molar-refractivity contribution < 1.29 is 4.39 Å². The molecule has 2 rings (SSSR count). The van der Waals surface area contributed by atoms with Crippen molar-refractivity contribution in [1.29, 1.82) is 0 Å². The number of hydrogen-bond donors (Lipinski definition) is 2. The maximum atomic E-state index is 13.5. The zero-order chi connectivity index (χ0) is 10.9. The van der Waals surface area contributed by atoms with Gasteiger partial charge in [0.05, 0.1) is 0 Å². The molecule has 1 saturated carbocycles. The predicted octanol–water partition coefficient (Wildman–Crippen LogP) is 1.95. The fraction of sp³-hybridized carbons (Fsp3) is 0.500. The van der Waals surface area contributed by atoms with Gasteiger partial charge in [-0.3, -0.25) is 0 Å². The zero-order valence-electron chi connectivity index (χ0n) is 8.75. The molecule has 1 fully saturated rings. The topological polar surface area (TPSA) is 52.0 Å². The molecule has 1 aliphatic carbocycles. The molecule has 0 saturated heterocycles. The van der Waals surface area contributed by atoms with E-state index in [1.165, 1.54) is 6.07 Å². The van der Waals surface area contributed by atoms with Crippen molar-refractivity contribution in [3.8, 4) is 0 Å². The number of hydrogen-bond acceptors (Lipinski definition) is 2. The van der Waals surface area contributed by atoms with Crippen LogP contribution in [-0.4, -0.2) is 6.54 Å². The van der Waals surface area contributed by atoms with Crippen molar-refractivity contribution in [2.75, 3.05) is 6.54 Å². The summed E-state index contributed by atoms with van der Waals surface area (Å²) in [5.74, 6) is -0.218. The minimum Gasteiger partial charge on any atom is -0.330 e. The normalized spacial score (nSPS) is 20.7. The molecule has 0 bridgehead atoms.